The Morgan fingerprint density at radius 1 is 1.17 bits per heavy atom. The van der Waals surface area contributed by atoms with Crippen LogP contribution < -0.4 is 5.32 Å². The zero-order chi connectivity index (χ0) is 17.3. The molecular weight excluding hydrogens is 302 g/mol. The van der Waals surface area contributed by atoms with Crippen molar-refractivity contribution >= 4 is 11.9 Å². The molecule has 0 heterocycles. The van der Waals surface area contributed by atoms with Gasteiger partial charge in [-0.25, -0.2) is 0 Å². The van der Waals surface area contributed by atoms with Crippen molar-refractivity contribution in [2.45, 2.75) is 39.2 Å². The van der Waals surface area contributed by atoms with Gasteiger partial charge in [-0.2, -0.15) is 0 Å². The van der Waals surface area contributed by atoms with Gasteiger partial charge in [0, 0.05) is 0 Å². The van der Waals surface area contributed by atoms with E-state index in [1.807, 2.05) is 31.2 Å². The Morgan fingerprint density at radius 2 is 1.79 bits per heavy atom. The minimum Gasteiger partial charge on any atom is -0.481 e. The predicted molar refractivity (Wildman–Crippen MR) is 92.3 cm³/mol. The smallest absolute Gasteiger partial charge is 0.307 e. The Bertz CT molecular complexity index is 649. The van der Waals surface area contributed by atoms with Crippen molar-refractivity contribution in [2.24, 2.45) is 23.7 Å². The van der Waals surface area contributed by atoms with Gasteiger partial charge in [-0.1, -0.05) is 49.8 Å². The highest BCUT2D eigenvalue weighted by molar-refractivity contribution is 5.87. The normalized spacial score (nSPS) is 28.8. The number of carbonyl (C=O) groups excluding carboxylic acids is 1. The average molecular weight is 327 g/mol. The van der Waals surface area contributed by atoms with E-state index in [9.17, 15) is 14.7 Å². The summed E-state index contributed by atoms with van der Waals surface area (Å²) >= 11 is 0. The molecule has 4 nitrogen and oxygen atoms in total. The molecule has 1 fully saturated rings. The molecule has 1 saturated carbocycles. The van der Waals surface area contributed by atoms with E-state index >= 15 is 0 Å². The van der Waals surface area contributed by atoms with Crippen LogP contribution in [0.15, 0.2) is 36.4 Å². The number of hydrogen-bond acceptors (Lipinski definition) is 2. The van der Waals surface area contributed by atoms with Gasteiger partial charge < -0.3 is 10.4 Å². The summed E-state index contributed by atoms with van der Waals surface area (Å²) in [7, 11) is 0. The van der Waals surface area contributed by atoms with E-state index < -0.39 is 17.8 Å². The summed E-state index contributed by atoms with van der Waals surface area (Å²) in [5, 5.41) is 12.5. The summed E-state index contributed by atoms with van der Waals surface area (Å²) < 4.78 is 0. The van der Waals surface area contributed by atoms with Gasteiger partial charge in [0.05, 0.1) is 17.9 Å². The molecule has 5 atom stereocenters. The van der Waals surface area contributed by atoms with Gasteiger partial charge in [0.25, 0.3) is 0 Å². The summed E-state index contributed by atoms with van der Waals surface area (Å²) in [6.07, 6.45) is 6.93. The Morgan fingerprint density at radius 3 is 2.38 bits per heavy atom. The highest BCUT2D eigenvalue weighted by atomic mass is 16.4. The van der Waals surface area contributed by atoms with Crippen molar-refractivity contribution in [3.63, 3.8) is 0 Å². The topological polar surface area (TPSA) is 66.4 Å². The van der Waals surface area contributed by atoms with Crippen LogP contribution in [0.4, 0.5) is 0 Å². The SMILES string of the molecule is CCCc1ccc([C@@H](C)NC(=O)[C@@H]2[C@@H](C(=O)O)[C@H]3C=C[C@H]2C3)cc1. The van der Waals surface area contributed by atoms with Gasteiger partial charge in [0.15, 0.2) is 0 Å². The first-order valence-electron chi connectivity index (χ1n) is 8.81. The van der Waals surface area contributed by atoms with Gasteiger partial charge in [-0.05, 0) is 42.7 Å². The first-order chi connectivity index (χ1) is 11.5. The van der Waals surface area contributed by atoms with Gasteiger partial charge in [-0.3, -0.25) is 9.59 Å². The number of aliphatic carboxylic acids is 1. The number of nitrogens with one attached hydrogen (secondary N) is 1. The number of allylic oxidation sites excluding steroid dienone is 2. The van der Waals surface area contributed by atoms with Crippen LogP contribution in [0.5, 0.6) is 0 Å². The lowest BCUT2D eigenvalue weighted by molar-refractivity contribution is -0.148. The molecule has 0 unspecified atom stereocenters. The third-order valence-corrected chi connectivity index (χ3v) is 5.42. The van der Waals surface area contributed by atoms with Crippen LogP contribution in [0, 0.1) is 23.7 Å². The summed E-state index contributed by atoms with van der Waals surface area (Å²) in [6.45, 7) is 4.10. The molecule has 2 N–H and O–H groups in total. The maximum Gasteiger partial charge on any atom is 0.307 e. The molecule has 2 aliphatic carbocycles. The summed E-state index contributed by atoms with van der Waals surface area (Å²) in [6, 6.07) is 8.17. The fraction of sp³-hybridized carbons (Fsp3) is 0.500. The molecule has 0 saturated heterocycles. The molecule has 24 heavy (non-hydrogen) atoms. The zero-order valence-corrected chi connectivity index (χ0v) is 14.2. The lowest BCUT2D eigenvalue weighted by Crippen LogP contribution is -2.41. The van der Waals surface area contributed by atoms with Crippen molar-refractivity contribution in [1.82, 2.24) is 5.32 Å². The standard InChI is InChI=1S/C20H25NO3/c1-3-4-13-5-7-14(8-6-13)12(2)21-19(22)17-15-9-10-16(11-15)18(17)20(23)24/h5-10,12,15-18H,3-4,11H2,1-2H3,(H,21,22)(H,23,24)/t12-,15+,16+,17+,18+/m1/s1. The monoisotopic (exact) mass is 327 g/mol. The Balaban J connectivity index is 1.67. The molecule has 2 aliphatic rings. The third kappa shape index (κ3) is 3.10. The molecule has 0 radical (unpaired) electrons. The van der Waals surface area contributed by atoms with Crippen LogP contribution in [0.3, 0.4) is 0 Å². The molecule has 2 bridgehead atoms. The summed E-state index contributed by atoms with van der Waals surface area (Å²) in [5.41, 5.74) is 2.35. The second kappa shape index (κ2) is 6.80. The number of carbonyl (C=O) groups is 2. The summed E-state index contributed by atoms with van der Waals surface area (Å²) in [4.78, 5) is 24.2. The molecule has 3 rings (SSSR count). The number of carboxylic acid groups (broad SMARTS) is 1. The number of amides is 1. The summed E-state index contributed by atoms with van der Waals surface area (Å²) in [5.74, 6) is -1.95. The van der Waals surface area contributed by atoms with E-state index in [0.717, 1.165) is 24.8 Å². The maximum absolute atomic E-state index is 12.7. The van der Waals surface area contributed by atoms with E-state index in [0.29, 0.717) is 0 Å². The second-order valence-corrected chi connectivity index (χ2v) is 7.06. The van der Waals surface area contributed by atoms with E-state index in [1.54, 1.807) is 0 Å². The maximum atomic E-state index is 12.7. The fourth-order valence-electron chi connectivity index (χ4n) is 4.17. The zero-order valence-electron chi connectivity index (χ0n) is 14.2. The molecule has 1 aromatic rings. The molecule has 1 amide bonds. The van der Waals surface area contributed by atoms with Crippen molar-refractivity contribution in [1.29, 1.82) is 0 Å². The van der Waals surface area contributed by atoms with Gasteiger partial charge in [-0.15, -0.1) is 0 Å². The van der Waals surface area contributed by atoms with E-state index in [-0.39, 0.29) is 23.8 Å². The van der Waals surface area contributed by atoms with E-state index in [1.165, 1.54) is 5.56 Å². The van der Waals surface area contributed by atoms with Gasteiger partial charge in [0.1, 0.15) is 0 Å². The van der Waals surface area contributed by atoms with Crippen LogP contribution in [0.25, 0.3) is 0 Å². The Labute approximate surface area is 143 Å². The minimum atomic E-state index is -0.858. The van der Waals surface area contributed by atoms with Crippen molar-refractivity contribution < 1.29 is 14.7 Å². The fourth-order valence-corrected chi connectivity index (χ4v) is 4.17. The number of carboxylic acids is 1. The Hall–Kier alpha value is -2.10. The largest absolute Gasteiger partial charge is 0.481 e. The minimum absolute atomic E-state index is 0.00637. The van der Waals surface area contributed by atoms with Crippen LogP contribution in [0.2, 0.25) is 0 Å². The average Bonchev–Trinajstić information content (AvgIpc) is 3.16. The van der Waals surface area contributed by atoms with Crippen LogP contribution in [0.1, 0.15) is 43.9 Å². The highest BCUT2D eigenvalue weighted by Gasteiger charge is 2.51. The molecule has 0 aliphatic heterocycles. The molecule has 1 aromatic carbocycles. The number of aryl methyl sites for hydroxylation is 1. The quantitative estimate of drug-likeness (QED) is 0.788. The van der Waals surface area contributed by atoms with Crippen molar-refractivity contribution in [3.05, 3.63) is 47.5 Å². The van der Waals surface area contributed by atoms with Crippen LogP contribution in [-0.4, -0.2) is 17.0 Å². The van der Waals surface area contributed by atoms with E-state index in [2.05, 4.69) is 24.4 Å². The molecule has 0 spiro atoms. The molecule has 128 valence electrons. The van der Waals surface area contributed by atoms with Crippen LogP contribution in [-0.2, 0) is 16.0 Å². The molecule has 0 aromatic heterocycles. The van der Waals surface area contributed by atoms with Crippen molar-refractivity contribution in [3.8, 4) is 0 Å². The molecule has 4 heteroatoms. The first-order valence-corrected chi connectivity index (χ1v) is 8.81. The lowest BCUT2D eigenvalue weighted by atomic mass is 9.82. The highest BCUT2D eigenvalue weighted by Crippen LogP contribution is 2.48. The predicted octanol–water partition coefficient (Wildman–Crippen LogP) is 3.34. The Kier molecular flexibility index (Phi) is 4.74. The van der Waals surface area contributed by atoms with Gasteiger partial charge >= 0.3 is 5.97 Å². The number of hydrogen-bond donors (Lipinski definition) is 2. The first kappa shape index (κ1) is 16.7. The number of rotatable bonds is 6. The van der Waals surface area contributed by atoms with Gasteiger partial charge in [0.2, 0.25) is 5.91 Å². The van der Waals surface area contributed by atoms with Crippen molar-refractivity contribution in [2.75, 3.05) is 0 Å². The third-order valence-electron chi connectivity index (χ3n) is 5.42. The number of benzene rings is 1. The second-order valence-electron chi connectivity index (χ2n) is 7.06. The molecular formula is C20H25NO3. The van der Waals surface area contributed by atoms with Crippen LogP contribution >= 0.6 is 0 Å². The van der Waals surface area contributed by atoms with E-state index in [4.69, 9.17) is 0 Å². The number of fused-ring (bicyclic) bond motifs is 2. The lowest BCUT2D eigenvalue weighted by Gasteiger charge is -2.26.